The van der Waals surface area contributed by atoms with Crippen LogP contribution in [0.15, 0.2) is 48.5 Å². The second-order valence-electron chi connectivity index (χ2n) is 5.45. The van der Waals surface area contributed by atoms with Gasteiger partial charge in [0, 0.05) is 12.1 Å². The summed E-state index contributed by atoms with van der Waals surface area (Å²) in [6.07, 6.45) is 0.878. The maximum absolute atomic E-state index is 13.0. The van der Waals surface area contributed by atoms with Gasteiger partial charge in [-0.05, 0) is 47.7 Å². The monoisotopic (exact) mass is 285 g/mol. The Hall–Kier alpha value is -2.16. The molecule has 2 nitrogen and oxygen atoms in total. The molecule has 1 N–H and O–H groups in total. The summed E-state index contributed by atoms with van der Waals surface area (Å²) in [6, 6.07) is 14.2. The van der Waals surface area contributed by atoms with Crippen LogP contribution in [-0.2, 0) is 11.2 Å². The first kappa shape index (κ1) is 15.2. The van der Waals surface area contributed by atoms with Crippen molar-refractivity contribution < 1.29 is 9.18 Å². The van der Waals surface area contributed by atoms with Gasteiger partial charge in [0.05, 0.1) is 0 Å². The number of aryl methyl sites for hydroxylation is 1. The van der Waals surface area contributed by atoms with Gasteiger partial charge in [0.1, 0.15) is 5.82 Å². The minimum absolute atomic E-state index is 0.0587. The predicted octanol–water partition coefficient (Wildman–Crippen LogP) is 4.52. The first-order valence-corrected chi connectivity index (χ1v) is 7.19. The van der Waals surface area contributed by atoms with E-state index in [0.717, 1.165) is 11.3 Å². The molecule has 0 aliphatic rings. The van der Waals surface area contributed by atoms with Crippen molar-refractivity contribution in [1.29, 1.82) is 0 Å². The van der Waals surface area contributed by atoms with E-state index in [2.05, 4.69) is 19.2 Å². The molecule has 0 atom stereocenters. The molecule has 0 saturated carbocycles. The van der Waals surface area contributed by atoms with Crippen LogP contribution in [0.3, 0.4) is 0 Å². The summed E-state index contributed by atoms with van der Waals surface area (Å²) in [5.74, 6) is 0.150. The quantitative estimate of drug-likeness (QED) is 0.859. The lowest BCUT2D eigenvalue weighted by Gasteiger charge is -2.08. The molecule has 0 bridgehead atoms. The Morgan fingerprint density at radius 2 is 1.86 bits per heavy atom. The molecule has 1 amide bonds. The van der Waals surface area contributed by atoms with Gasteiger partial charge in [-0.1, -0.05) is 38.1 Å². The molecule has 0 heterocycles. The van der Waals surface area contributed by atoms with E-state index in [1.807, 2.05) is 30.3 Å². The molecule has 0 saturated heterocycles. The molecule has 0 aromatic heterocycles. The number of carbonyl (C=O) groups excluding carboxylic acids is 1. The number of benzene rings is 2. The second kappa shape index (κ2) is 7.02. The number of nitrogens with one attached hydrogen (secondary N) is 1. The van der Waals surface area contributed by atoms with Crippen LogP contribution in [0.1, 0.15) is 37.3 Å². The molecular formula is C18H20FNO. The Balaban J connectivity index is 1.87. The van der Waals surface area contributed by atoms with Gasteiger partial charge in [-0.25, -0.2) is 4.39 Å². The largest absolute Gasteiger partial charge is 0.326 e. The van der Waals surface area contributed by atoms with E-state index in [0.29, 0.717) is 18.8 Å². The number of rotatable bonds is 5. The SMILES string of the molecule is CC(C)c1ccc(NC(=O)CCc2cccc(F)c2)cc1. The minimum atomic E-state index is -0.266. The molecule has 0 aliphatic carbocycles. The molecule has 2 aromatic rings. The highest BCUT2D eigenvalue weighted by Gasteiger charge is 2.05. The van der Waals surface area contributed by atoms with Crippen molar-refractivity contribution in [1.82, 2.24) is 0 Å². The fourth-order valence-electron chi connectivity index (χ4n) is 2.13. The van der Waals surface area contributed by atoms with Crippen LogP contribution in [0, 0.1) is 5.82 Å². The standard InChI is InChI=1S/C18H20FNO/c1-13(2)15-7-9-17(10-8-15)20-18(21)11-6-14-4-3-5-16(19)12-14/h3-5,7-10,12-13H,6,11H2,1-2H3,(H,20,21). The van der Waals surface area contributed by atoms with Gasteiger partial charge in [-0.2, -0.15) is 0 Å². The molecule has 3 heteroatoms. The Bertz CT molecular complexity index is 605. The Labute approximate surface area is 125 Å². The van der Waals surface area contributed by atoms with Crippen LogP contribution in [0.4, 0.5) is 10.1 Å². The van der Waals surface area contributed by atoms with Gasteiger partial charge < -0.3 is 5.32 Å². The molecular weight excluding hydrogens is 265 g/mol. The smallest absolute Gasteiger partial charge is 0.224 e. The van der Waals surface area contributed by atoms with Crippen molar-refractivity contribution in [3.8, 4) is 0 Å². The molecule has 2 aromatic carbocycles. The predicted molar refractivity (Wildman–Crippen MR) is 83.9 cm³/mol. The van der Waals surface area contributed by atoms with Crippen LogP contribution in [0.25, 0.3) is 0 Å². The van der Waals surface area contributed by atoms with Crippen molar-refractivity contribution >= 4 is 11.6 Å². The molecule has 110 valence electrons. The molecule has 21 heavy (non-hydrogen) atoms. The van der Waals surface area contributed by atoms with E-state index in [-0.39, 0.29) is 11.7 Å². The van der Waals surface area contributed by atoms with Crippen molar-refractivity contribution in [2.45, 2.75) is 32.6 Å². The van der Waals surface area contributed by atoms with Gasteiger partial charge in [-0.15, -0.1) is 0 Å². The first-order valence-electron chi connectivity index (χ1n) is 7.19. The zero-order valence-electron chi connectivity index (χ0n) is 12.4. The Morgan fingerprint density at radius 3 is 2.48 bits per heavy atom. The van der Waals surface area contributed by atoms with Gasteiger partial charge in [0.2, 0.25) is 5.91 Å². The third-order valence-corrected chi connectivity index (χ3v) is 3.39. The summed E-state index contributed by atoms with van der Waals surface area (Å²) < 4.78 is 13.0. The number of hydrogen-bond acceptors (Lipinski definition) is 1. The average Bonchev–Trinajstić information content (AvgIpc) is 2.46. The minimum Gasteiger partial charge on any atom is -0.326 e. The zero-order chi connectivity index (χ0) is 15.2. The lowest BCUT2D eigenvalue weighted by atomic mass is 10.0. The summed E-state index contributed by atoms with van der Waals surface area (Å²) in [6.45, 7) is 4.26. The van der Waals surface area contributed by atoms with E-state index >= 15 is 0 Å². The number of hydrogen-bond donors (Lipinski definition) is 1. The van der Waals surface area contributed by atoms with E-state index in [1.165, 1.54) is 17.7 Å². The second-order valence-corrected chi connectivity index (χ2v) is 5.45. The van der Waals surface area contributed by atoms with E-state index in [9.17, 15) is 9.18 Å². The Morgan fingerprint density at radius 1 is 1.14 bits per heavy atom. The van der Waals surface area contributed by atoms with Gasteiger partial charge in [0.25, 0.3) is 0 Å². The molecule has 0 radical (unpaired) electrons. The maximum atomic E-state index is 13.0. The van der Waals surface area contributed by atoms with E-state index in [4.69, 9.17) is 0 Å². The van der Waals surface area contributed by atoms with Crippen molar-refractivity contribution in [2.75, 3.05) is 5.32 Å². The summed E-state index contributed by atoms with van der Waals surface area (Å²) >= 11 is 0. The molecule has 2 rings (SSSR count). The third-order valence-electron chi connectivity index (χ3n) is 3.39. The fourth-order valence-corrected chi connectivity index (χ4v) is 2.13. The first-order chi connectivity index (χ1) is 10.0. The van der Waals surface area contributed by atoms with Gasteiger partial charge in [-0.3, -0.25) is 4.79 Å². The number of halogens is 1. The summed E-state index contributed by atoms with van der Waals surface area (Å²) in [4.78, 5) is 11.9. The zero-order valence-corrected chi connectivity index (χ0v) is 12.4. The van der Waals surface area contributed by atoms with Crippen LogP contribution in [0.2, 0.25) is 0 Å². The molecule has 0 spiro atoms. The van der Waals surface area contributed by atoms with Crippen molar-refractivity contribution in [3.05, 3.63) is 65.5 Å². The third kappa shape index (κ3) is 4.71. The number of carbonyl (C=O) groups is 1. The van der Waals surface area contributed by atoms with Gasteiger partial charge in [0.15, 0.2) is 0 Å². The highest BCUT2D eigenvalue weighted by atomic mass is 19.1. The van der Waals surface area contributed by atoms with Crippen LogP contribution in [-0.4, -0.2) is 5.91 Å². The summed E-state index contributed by atoms with van der Waals surface area (Å²) in [5, 5.41) is 2.86. The van der Waals surface area contributed by atoms with Crippen molar-refractivity contribution in [3.63, 3.8) is 0 Å². The maximum Gasteiger partial charge on any atom is 0.224 e. The number of anilines is 1. The fraction of sp³-hybridized carbons (Fsp3) is 0.278. The van der Waals surface area contributed by atoms with Crippen molar-refractivity contribution in [2.24, 2.45) is 0 Å². The van der Waals surface area contributed by atoms with E-state index < -0.39 is 0 Å². The Kier molecular flexibility index (Phi) is 5.09. The van der Waals surface area contributed by atoms with Crippen LogP contribution >= 0.6 is 0 Å². The highest BCUT2D eigenvalue weighted by Crippen LogP contribution is 2.17. The average molecular weight is 285 g/mol. The van der Waals surface area contributed by atoms with Gasteiger partial charge >= 0.3 is 0 Å². The highest BCUT2D eigenvalue weighted by molar-refractivity contribution is 5.90. The lowest BCUT2D eigenvalue weighted by molar-refractivity contribution is -0.116. The van der Waals surface area contributed by atoms with Crippen LogP contribution in [0.5, 0.6) is 0 Å². The molecule has 0 unspecified atom stereocenters. The molecule has 0 fully saturated rings. The topological polar surface area (TPSA) is 29.1 Å². The van der Waals surface area contributed by atoms with Crippen LogP contribution < -0.4 is 5.32 Å². The summed E-state index contributed by atoms with van der Waals surface area (Å²) in [5.41, 5.74) is 2.87. The summed E-state index contributed by atoms with van der Waals surface area (Å²) in [7, 11) is 0. The molecule has 0 aliphatic heterocycles. The van der Waals surface area contributed by atoms with E-state index in [1.54, 1.807) is 6.07 Å². The lowest BCUT2D eigenvalue weighted by Crippen LogP contribution is -2.12. The number of amides is 1. The normalized spacial score (nSPS) is 10.7.